The van der Waals surface area contributed by atoms with Crippen molar-refractivity contribution in [2.75, 3.05) is 51.5 Å². The fourth-order valence-electron chi connectivity index (χ4n) is 5.19. The van der Waals surface area contributed by atoms with Gasteiger partial charge in [0.15, 0.2) is 0 Å². The number of nitrogens with zero attached hydrogens (tertiary/aromatic N) is 4. The Hall–Kier alpha value is -4.20. The minimum absolute atomic E-state index is 0.156. The zero-order chi connectivity index (χ0) is 38.8. The van der Waals surface area contributed by atoms with Crippen molar-refractivity contribution >= 4 is 56.7 Å². The number of halogens is 4. The first-order chi connectivity index (χ1) is 24.7. The van der Waals surface area contributed by atoms with E-state index in [2.05, 4.69) is 15.6 Å². The minimum Gasteiger partial charge on any atom is -0.465 e. The van der Waals surface area contributed by atoms with Gasteiger partial charge in [-0.1, -0.05) is 59.1 Å². The van der Waals surface area contributed by atoms with E-state index in [1.807, 2.05) is 60.4 Å². The van der Waals surface area contributed by atoms with Crippen LogP contribution in [0.25, 0.3) is 0 Å². The predicted octanol–water partition coefficient (Wildman–Crippen LogP) is 5.21. The molecule has 2 aliphatic rings. The molecule has 5 rings (SSSR count). The van der Waals surface area contributed by atoms with Gasteiger partial charge in [-0.05, 0) is 51.0 Å². The first-order valence-electron chi connectivity index (χ1n) is 16.0. The number of anilines is 1. The third kappa shape index (κ3) is 14.1. The summed E-state index contributed by atoms with van der Waals surface area (Å²) in [7, 11) is -3.09. The average molecular weight is 784 g/mol. The van der Waals surface area contributed by atoms with Crippen LogP contribution < -0.4 is 10.6 Å². The van der Waals surface area contributed by atoms with Gasteiger partial charge < -0.3 is 15.4 Å². The van der Waals surface area contributed by atoms with Gasteiger partial charge in [0, 0.05) is 43.8 Å². The quantitative estimate of drug-likeness (QED) is 0.293. The largest absolute Gasteiger partial charge is 0.465 e. The van der Waals surface area contributed by atoms with Gasteiger partial charge in [0.25, 0.3) is 5.91 Å². The molecule has 2 fully saturated rings. The summed E-state index contributed by atoms with van der Waals surface area (Å²) in [5.74, 6) is -1.46. The van der Waals surface area contributed by atoms with Crippen LogP contribution in [0.4, 0.5) is 14.5 Å². The molecule has 3 aromatic rings. The molecule has 0 aliphatic carbocycles. The molecular formula is C35H42Cl2F2N6O6S. The average Bonchev–Trinajstić information content (AvgIpc) is 3.77. The molecule has 52 heavy (non-hydrogen) atoms. The van der Waals surface area contributed by atoms with Gasteiger partial charge in [0.05, 0.1) is 47.3 Å². The maximum Gasteiger partial charge on any atom is 0.325 e. The molecule has 17 heteroatoms. The fraction of sp³-hybridized carbons (Fsp3) is 0.400. The Morgan fingerprint density at radius 3 is 2.15 bits per heavy atom. The standard InChI is InChI=1S/C14H24FN3O5S.C13H10Cl2N2O.C7H5N.CH3F/c1-3-23-13(19)7-16-14(20)12-6-11(9-18(12)24(2,21)22)17-5-4-10(15)8-17;1-8-2-4-9(5-3-8)17-13(18)12-10(14)6-16-7-11(12)15;8-6-7-4-2-1-3-5-7;1-2/h10-12H,3-9H2,1-2H3,(H,16,20);2-7H,1H3,(H,17,18);1-5H;1H3/t10?,11?,12-;;;/m0.../s1. The summed E-state index contributed by atoms with van der Waals surface area (Å²) in [6.45, 7) is 4.50. The van der Waals surface area contributed by atoms with Crippen molar-refractivity contribution in [3.63, 3.8) is 0 Å². The molecule has 3 heterocycles. The second kappa shape index (κ2) is 22.0. The van der Waals surface area contributed by atoms with Gasteiger partial charge in [-0.2, -0.15) is 9.57 Å². The number of aryl methyl sites for hydroxylation is 1. The second-order valence-electron chi connectivity index (χ2n) is 11.4. The molecule has 0 bridgehead atoms. The number of carbonyl (C=O) groups excluding carboxylic acids is 3. The number of hydrogen-bond acceptors (Lipinski definition) is 9. The zero-order valence-corrected chi connectivity index (χ0v) is 31.5. The highest BCUT2D eigenvalue weighted by molar-refractivity contribution is 7.88. The number of nitriles is 1. The lowest BCUT2D eigenvalue weighted by atomic mass is 10.1. The topological polar surface area (TPSA) is 162 Å². The number of nitrogens with one attached hydrogen (secondary N) is 2. The van der Waals surface area contributed by atoms with Crippen molar-refractivity contribution < 1.29 is 36.3 Å². The lowest BCUT2D eigenvalue weighted by molar-refractivity contribution is -0.143. The number of aromatic nitrogens is 1. The lowest BCUT2D eigenvalue weighted by Gasteiger charge is -2.22. The molecule has 1 aromatic heterocycles. The Labute approximate surface area is 313 Å². The number of pyridine rings is 1. The number of carbonyl (C=O) groups is 3. The van der Waals surface area contributed by atoms with E-state index in [1.165, 1.54) is 12.4 Å². The van der Waals surface area contributed by atoms with E-state index in [9.17, 15) is 31.6 Å². The van der Waals surface area contributed by atoms with Gasteiger partial charge in [-0.3, -0.25) is 28.7 Å². The summed E-state index contributed by atoms with van der Waals surface area (Å²) in [6.07, 6.45) is 3.62. The first-order valence-corrected chi connectivity index (χ1v) is 18.6. The van der Waals surface area contributed by atoms with Crippen LogP contribution in [-0.2, 0) is 24.3 Å². The first kappa shape index (κ1) is 44.0. The molecule has 0 spiro atoms. The van der Waals surface area contributed by atoms with Gasteiger partial charge in [0.1, 0.15) is 18.8 Å². The van der Waals surface area contributed by atoms with Crippen molar-refractivity contribution in [3.8, 4) is 6.07 Å². The number of rotatable bonds is 8. The summed E-state index contributed by atoms with van der Waals surface area (Å²) in [5.41, 5.74) is 2.75. The van der Waals surface area contributed by atoms with Crippen molar-refractivity contribution in [1.29, 1.82) is 5.26 Å². The van der Waals surface area contributed by atoms with Crippen LogP contribution in [0.3, 0.4) is 0 Å². The van der Waals surface area contributed by atoms with Crippen molar-refractivity contribution in [3.05, 3.63) is 93.7 Å². The molecule has 2 aliphatic heterocycles. The molecule has 282 valence electrons. The van der Waals surface area contributed by atoms with E-state index in [0.29, 0.717) is 31.4 Å². The predicted molar refractivity (Wildman–Crippen MR) is 196 cm³/mol. The van der Waals surface area contributed by atoms with Crippen LogP contribution in [0.1, 0.15) is 41.3 Å². The summed E-state index contributed by atoms with van der Waals surface area (Å²) in [6, 6.07) is 17.5. The Morgan fingerprint density at radius 1 is 1.04 bits per heavy atom. The molecule has 2 amide bonds. The highest BCUT2D eigenvalue weighted by Crippen LogP contribution is 2.28. The van der Waals surface area contributed by atoms with E-state index in [-0.39, 0.29) is 60.2 Å². The molecule has 3 atom stereocenters. The number of ether oxygens (including phenoxy) is 1. The third-order valence-electron chi connectivity index (χ3n) is 7.65. The minimum atomic E-state index is -3.59. The number of amides is 2. The maximum atomic E-state index is 13.4. The second-order valence-corrected chi connectivity index (χ2v) is 14.2. The summed E-state index contributed by atoms with van der Waals surface area (Å²) in [5, 5.41) is 13.9. The summed E-state index contributed by atoms with van der Waals surface area (Å²) >= 11 is 11.8. The van der Waals surface area contributed by atoms with Gasteiger partial charge in [-0.25, -0.2) is 12.8 Å². The normalized spacial score (nSPS) is 18.2. The molecule has 12 nitrogen and oxygen atoms in total. The molecule has 2 N–H and O–H groups in total. The van der Waals surface area contributed by atoms with Crippen LogP contribution >= 0.6 is 23.2 Å². The SMILES string of the molecule is CCOC(=O)CNC(=O)[C@@H]1CC(N2CCC(F)C2)CN1S(C)(=O)=O.CF.Cc1ccc(NC(=O)c2c(Cl)cncc2Cl)cc1.N#Cc1ccccc1. The number of hydrogen-bond donors (Lipinski definition) is 2. The number of sulfonamides is 1. The smallest absolute Gasteiger partial charge is 0.325 e. The number of alkyl halides is 2. The molecule has 0 radical (unpaired) electrons. The lowest BCUT2D eigenvalue weighted by Crippen LogP contribution is -2.46. The molecular weight excluding hydrogens is 741 g/mol. The van der Waals surface area contributed by atoms with E-state index < -0.39 is 34.1 Å². The molecule has 2 aromatic carbocycles. The Kier molecular flexibility index (Phi) is 18.6. The van der Waals surface area contributed by atoms with E-state index in [4.69, 9.17) is 33.2 Å². The van der Waals surface area contributed by atoms with Crippen LogP contribution in [-0.4, -0.2) is 105 Å². The Bertz CT molecular complexity index is 1750. The summed E-state index contributed by atoms with van der Waals surface area (Å²) in [4.78, 5) is 41.4. The maximum absolute atomic E-state index is 13.4. The van der Waals surface area contributed by atoms with Crippen molar-refractivity contribution in [2.45, 2.75) is 44.9 Å². The highest BCUT2D eigenvalue weighted by atomic mass is 35.5. The fourth-order valence-corrected chi connectivity index (χ4v) is 6.81. The van der Waals surface area contributed by atoms with Gasteiger partial charge in [0.2, 0.25) is 15.9 Å². The van der Waals surface area contributed by atoms with Gasteiger partial charge in [-0.15, -0.1) is 0 Å². The van der Waals surface area contributed by atoms with Crippen LogP contribution in [0.5, 0.6) is 0 Å². The molecule has 2 saturated heterocycles. The Balaban J connectivity index is 0.000000292. The van der Waals surface area contributed by atoms with E-state index in [1.54, 1.807) is 19.1 Å². The third-order valence-corrected chi connectivity index (χ3v) is 9.47. The number of likely N-dealkylation sites (tertiary alicyclic amines) is 1. The van der Waals surface area contributed by atoms with E-state index in [0.717, 1.165) is 16.1 Å². The zero-order valence-electron chi connectivity index (χ0n) is 29.2. The molecule has 2 unspecified atom stereocenters. The van der Waals surface area contributed by atoms with Crippen LogP contribution in [0.2, 0.25) is 10.0 Å². The number of esters is 1. The monoisotopic (exact) mass is 782 g/mol. The highest BCUT2D eigenvalue weighted by Gasteiger charge is 2.45. The summed E-state index contributed by atoms with van der Waals surface area (Å²) < 4.78 is 52.7. The van der Waals surface area contributed by atoms with E-state index >= 15 is 0 Å². The van der Waals surface area contributed by atoms with Crippen molar-refractivity contribution in [2.24, 2.45) is 0 Å². The molecule has 0 saturated carbocycles. The van der Waals surface area contributed by atoms with Crippen LogP contribution in [0, 0.1) is 18.3 Å². The van der Waals surface area contributed by atoms with Crippen LogP contribution in [0.15, 0.2) is 67.0 Å². The Morgan fingerprint density at radius 2 is 1.65 bits per heavy atom. The van der Waals surface area contributed by atoms with Crippen molar-refractivity contribution in [1.82, 2.24) is 19.5 Å². The van der Waals surface area contributed by atoms with Gasteiger partial charge >= 0.3 is 5.97 Å². The number of benzene rings is 2.